The molecule has 0 aliphatic rings. The Hall–Kier alpha value is -1.13. The zero-order valence-electron chi connectivity index (χ0n) is 9.74. The summed E-state index contributed by atoms with van der Waals surface area (Å²) in [5.41, 5.74) is 2.15. The van der Waals surface area contributed by atoms with Crippen LogP contribution < -0.4 is 5.32 Å². The summed E-state index contributed by atoms with van der Waals surface area (Å²) in [5, 5.41) is 7.22. The summed E-state index contributed by atoms with van der Waals surface area (Å²) in [6, 6.07) is 8.05. The van der Waals surface area contributed by atoms with E-state index in [-0.39, 0.29) is 0 Å². The largest absolute Gasteiger partial charge is 0.356 e. The van der Waals surface area contributed by atoms with Crippen LogP contribution in [0.15, 0.2) is 39.5 Å². The van der Waals surface area contributed by atoms with Crippen molar-refractivity contribution in [1.82, 2.24) is 10.5 Å². The third-order valence-corrected chi connectivity index (χ3v) is 3.02. The fourth-order valence-electron chi connectivity index (χ4n) is 1.63. The minimum Gasteiger partial charge on any atom is -0.356 e. The Morgan fingerprint density at radius 3 is 2.76 bits per heavy atom. The molecule has 0 spiro atoms. The molecule has 1 N–H and O–H groups in total. The molecule has 0 fully saturated rings. The lowest BCUT2D eigenvalue weighted by atomic mass is 10.1. The second kappa shape index (κ2) is 5.98. The fraction of sp³-hybridized carbons (Fsp3) is 0.308. The third-order valence-electron chi connectivity index (χ3n) is 2.49. The highest BCUT2D eigenvalue weighted by molar-refractivity contribution is 9.10. The zero-order chi connectivity index (χ0) is 12.1. The first-order valence-corrected chi connectivity index (χ1v) is 6.50. The van der Waals surface area contributed by atoms with E-state index >= 15 is 0 Å². The summed E-state index contributed by atoms with van der Waals surface area (Å²) in [6.07, 6.45) is 2.90. The molecule has 0 radical (unpaired) electrons. The van der Waals surface area contributed by atoms with Crippen molar-refractivity contribution in [2.75, 3.05) is 6.54 Å². The predicted octanol–water partition coefficient (Wildman–Crippen LogP) is 3.60. The highest BCUT2D eigenvalue weighted by atomic mass is 79.9. The Balaban J connectivity index is 2.15. The molecule has 1 heterocycles. The lowest BCUT2D eigenvalue weighted by Gasteiger charge is -2.03. The molecule has 0 aliphatic carbocycles. The van der Waals surface area contributed by atoms with Crippen molar-refractivity contribution in [2.24, 2.45) is 0 Å². The first kappa shape index (κ1) is 12.3. The first-order chi connectivity index (χ1) is 8.31. The second-order valence-electron chi connectivity index (χ2n) is 3.86. The van der Waals surface area contributed by atoms with Crippen molar-refractivity contribution in [1.29, 1.82) is 0 Å². The van der Waals surface area contributed by atoms with Gasteiger partial charge in [0, 0.05) is 22.1 Å². The van der Waals surface area contributed by atoms with E-state index in [1.165, 1.54) is 0 Å². The molecule has 0 saturated heterocycles. The molecule has 0 aliphatic heterocycles. The van der Waals surface area contributed by atoms with Crippen LogP contribution in [0, 0.1) is 0 Å². The molecule has 0 amide bonds. The molecule has 1 aromatic carbocycles. The van der Waals surface area contributed by atoms with Gasteiger partial charge in [0.1, 0.15) is 0 Å². The van der Waals surface area contributed by atoms with Crippen molar-refractivity contribution in [3.63, 3.8) is 0 Å². The highest BCUT2D eigenvalue weighted by Gasteiger charge is 2.09. The van der Waals surface area contributed by atoms with Crippen molar-refractivity contribution in [3.8, 4) is 11.3 Å². The normalized spacial score (nSPS) is 10.7. The SMILES string of the molecule is CCCNCc1cnoc1-c1ccc(Br)cc1. The maximum atomic E-state index is 5.32. The van der Waals surface area contributed by atoms with E-state index in [9.17, 15) is 0 Å². The number of nitrogens with one attached hydrogen (secondary N) is 1. The van der Waals surface area contributed by atoms with Gasteiger partial charge in [-0.2, -0.15) is 0 Å². The molecular weight excluding hydrogens is 280 g/mol. The van der Waals surface area contributed by atoms with Crippen LogP contribution in [0.25, 0.3) is 11.3 Å². The van der Waals surface area contributed by atoms with Gasteiger partial charge in [-0.1, -0.05) is 40.1 Å². The molecule has 3 nitrogen and oxygen atoms in total. The Morgan fingerprint density at radius 1 is 1.29 bits per heavy atom. The van der Waals surface area contributed by atoms with E-state index in [4.69, 9.17) is 4.52 Å². The van der Waals surface area contributed by atoms with E-state index in [0.717, 1.165) is 40.9 Å². The Kier molecular flexibility index (Phi) is 4.34. The van der Waals surface area contributed by atoms with Crippen molar-refractivity contribution >= 4 is 15.9 Å². The smallest absolute Gasteiger partial charge is 0.171 e. The van der Waals surface area contributed by atoms with Gasteiger partial charge in [0.25, 0.3) is 0 Å². The van der Waals surface area contributed by atoms with Gasteiger partial charge in [0.05, 0.1) is 6.20 Å². The lowest BCUT2D eigenvalue weighted by molar-refractivity contribution is 0.431. The number of benzene rings is 1. The Bertz CT molecular complexity index is 465. The van der Waals surface area contributed by atoms with Crippen molar-refractivity contribution < 1.29 is 4.52 Å². The summed E-state index contributed by atoms with van der Waals surface area (Å²) in [4.78, 5) is 0. The molecule has 2 rings (SSSR count). The number of rotatable bonds is 5. The van der Waals surface area contributed by atoms with Gasteiger partial charge in [-0.3, -0.25) is 0 Å². The average Bonchev–Trinajstić information content (AvgIpc) is 2.79. The van der Waals surface area contributed by atoms with E-state index in [1.807, 2.05) is 24.3 Å². The van der Waals surface area contributed by atoms with Crippen LogP contribution in [0.2, 0.25) is 0 Å². The molecule has 4 heteroatoms. The lowest BCUT2D eigenvalue weighted by Crippen LogP contribution is -2.13. The highest BCUT2D eigenvalue weighted by Crippen LogP contribution is 2.24. The zero-order valence-corrected chi connectivity index (χ0v) is 11.3. The molecule has 0 saturated carbocycles. The number of hydrogen-bond donors (Lipinski definition) is 1. The monoisotopic (exact) mass is 294 g/mol. The predicted molar refractivity (Wildman–Crippen MR) is 71.6 cm³/mol. The first-order valence-electron chi connectivity index (χ1n) is 5.71. The molecular formula is C13H15BrN2O. The minimum absolute atomic E-state index is 0.794. The minimum atomic E-state index is 0.794. The summed E-state index contributed by atoms with van der Waals surface area (Å²) in [5.74, 6) is 0.848. The van der Waals surface area contributed by atoms with Gasteiger partial charge in [-0.25, -0.2) is 0 Å². The Morgan fingerprint density at radius 2 is 2.06 bits per heavy atom. The van der Waals surface area contributed by atoms with Gasteiger partial charge < -0.3 is 9.84 Å². The number of nitrogens with zero attached hydrogens (tertiary/aromatic N) is 1. The molecule has 0 unspecified atom stereocenters. The van der Waals surface area contributed by atoms with Crippen LogP contribution >= 0.6 is 15.9 Å². The standard InChI is InChI=1S/C13H15BrN2O/c1-2-7-15-8-11-9-16-17-13(11)10-3-5-12(14)6-4-10/h3-6,9,15H,2,7-8H2,1H3. The summed E-state index contributed by atoms with van der Waals surface area (Å²) in [7, 11) is 0. The van der Waals surface area contributed by atoms with Crippen molar-refractivity contribution in [2.45, 2.75) is 19.9 Å². The van der Waals surface area contributed by atoms with Crippen LogP contribution in [-0.4, -0.2) is 11.7 Å². The molecule has 2 aromatic rings. The average molecular weight is 295 g/mol. The number of halogens is 1. The summed E-state index contributed by atoms with van der Waals surface area (Å²) >= 11 is 3.42. The molecule has 1 aromatic heterocycles. The van der Waals surface area contributed by atoms with Gasteiger partial charge in [0.15, 0.2) is 5.76 Å². The maximum absolute atomic E-state index is 5.32. The van der Waals surface area contributed by atoms with E-state index < -0.39 is 0 Å². The van der Waals surface area contributed by atoms with Gasteiger partial charge >= 0.3 is 0 Å². The van der Waals surface area contributed by atoms with Crippen LogP contribution in [0.5, 0.6) is 0 Å². The van der Waals surface area contributed by atoms with E-state index in [0.29, 0.717) is 0 Å². The molecule has 0 atom stereocenters. The topological polar surface area (TPSA) is 38.1 Å². The number of hydrogen-bond acceptors (Lipinski definition) is 3. The molecule has 90 valence electrons. The quantitative estimate of drug-likeness (QED) is 0.856. The summed E-state index contributed by atoms with van der Waals surface area (Å²) in [6.45, 7) is 3.95. The summed E-state index contributed by atoms with van der Waals surface area (Å²) < 4.78 is 6.38. The molecule has 17 heavy (non-hydrogen) atoms. The van der Waals surface area contributed by atoms with Crippen molar-refractivity contribution in [3.05, 3.63) is 40.5 Å². The van der Waals surface area contributed by atoms with Gasteiger partial charge in [-0.15, -0.1) is 0 Å². The van der Waals surface area contributed by atoms with E-state index in [1.54, 1.807) is 6.20 Å². The van der Waals surface area contributed by atoms with Crippen LogP contribution in [0.3, 0.4) is 0 Å². The second-order valence-corrected chi connectivity index (χ2v) is 4.78. The number of aromatic nitrogens is 1. The van der Waals surface area contributed by atoms with Crippen LogP contribution in [-0.2, 0) is 6.54 Å². The van der Waals surface area contributed by atoms with Gasteiger partial charge in [0.2, 0.25) is 0 Å². The maximum Gasteiger partial charge on any atom is 0.171 e. The Labute approximate surface area is 109 Å². The van der Waals surface area contributed by atoms with E-state index in [2.05, 4.69) is 33.3 Å². The van der Waals surface area contributed by atoms with Crippen LogP contribution in [0.4, 0.5) is 0 Å². The third kappa shape index (κ3) is 3.17. The van der Waals surface area contributed by atoms with Gasteiger partial charge in [-0.05, 0) is 25.1 Å². The molecule has 0 bridgehead atoms. The fourth-order valence-corrected chi connectivity index (χ4v) is 1.89. The van der Waals surface area contributed by atoms with Crippen LogP contribution in [0.1, 0.15) is 18.9 Å².